The summed E-state index contributed by atoms with van der Waals surface area (Å²) < 4.78 is 20.1. The lowest BCUT2D eigenvalue weighted by Crippen LogP contribution is -2.12. The number of nitrogen functional groups attached to an aromatic ring is 1. The van der Waals surface area contributed by atoms with Gasteiger partial charge in [0.25, 0.3) is 0 Å². The minimum absolute atomic E-state index is 0.0266. The molecule has 1 aromatic carbocycles. The van der Waals surface area contributed by atoms with Crippen molar-refractivity contribution in [3.63, 3.8) is 0 Å². The molecule has 0 unspecified atom stereocenters. The maximum absolute atomic E-state index is 14.0. The van der Waals surface area contributed by atoms with E-state index in [1.807, 2.05) is 6.07 Å². The number of esters is 1. The molecule has 0 saturated heterocycles. The van der Waals surface area contributed by atoms with Crippen molar-refractivity contribution in [2.45, 2.75) is 0 Å². The molecule has 0 radical (unpaired) electrons. The van der Waals surface area contributed by atoms with Crippen molar-refractivity contribution in [2.24, 2.45) is 0 Å². The van der Waals surface area contributed by atoms with Crippen molar-refractivity contribution in [3.8, 4) is 11.8 Å². The molecule has 0 fully saturated rings. The monoisotopic (exact) mass is 405 g/mol. The van der Waals surface area contributed by atoms with E-state index >= 15 is 0 Å². The first-order valence-corrected chi connectivity index (χ1v) is 7.21. The van der Waals surface area contributed by atoms with Gasteiger partial charge in [-0.05, 0) is 22.0 Å². The number of carbonyl (C=O) groups excluding carboxylic acids is 1. The number of nitriles is 1. The summed E-state index contributed by atoms with van der Waals surface area (Å²) in [5, 5.41) is 8.54. The van der Waals surface area contributed by atoms with Crippen LogP contribution in [0.4, 0.5) is 10.1 Å². The molecule has 2 N–H and O–H groups in total. The number of aromatic nitrogens is 1. The van der Waals surface area contributed by atoms with Crippen molar-refractivity contribution in [1.29, 1.82) is 5.26 Å². The number of carbonyl (C=O) groups is 1. The standard InChI is InChI=1S/C13H7BrCl2FN3O2/c1-22-13(21)12-10(19)5(3-18)4-20(12)11-6(14)2-7(15)9(17)8(11)16/h2,4H,19H2,1H3. The topological polar surface area (TPSA) is 81.0 Å². The minimum atomic E-state index is -0.858. The average molecular weight is 407 g/mol. The first-order valence-electron chi connectivity index (χ1n) is 5.66. The van der Waals surface area contributed by atoms with Gasteiger partial charge in [0.05, 0.1) is 29.1 Å². The summed E-state index contributed by atoms with van der Waals surface area (Å²) >= 11 is 14.9. The third kappa shape index (κ3) is 2.54. The van der Waals surface area contributed by atoms with Crippen molar-refractivity contribution in [3.05, 3.63) is 43.9 Å². The molecule has 22 heavy (non-hydrogen) atoms. The Kier molecular flexibility index (Phi) is 4.66. The van der Waals surface area contributed by atoms with Crippen LogP contribution in [0.15, 0.2) is 16.7 Å². The van der Waals surface area contributed by atoms with Gasteiger partial charge in [-0.2, -0.15) is 5.26 Å². The highest BCUT2D eigenvalue weighted by atomic mass is 79.9. The zero-order chi connectivity index (χ0) is 16.6. The lowest BCUT2D eigenvalue weighted by Gasteiger charge is -2.13. The van der Waals surface area contributed by atoms with Crippen LogP contribution in [0.2, 0.25) is 10.0 Å². The van der Waals surface area contributed by atoms with Crippen LogP contribution in [-0.4, -0.2) is 17.6 Å². The molecule has 0 atom stereocenters. The lowest BCUT2D eigenvalue weighted by molar-refractivity contribution is 0.0593. The molecule has 0 spiro atoms. The van der Waals surface area contributed by atoms with Crippen LogP contribution in [0, 0.1) is 17.1 Å². The summed E-state index contributed by atoms with van der Waals surface area (Å²) in [6, 6.07) is 3.12. The molecule has 0 aliphatic heterocycles. The molecule has 2 rings (SSSR count). The summed E-state index contributed by atoms with van der Waals surface area (Å²) in [7, 11) is 1.16. The molecule has 0 aliphatic carbocycles. The van der Waals surface area contributed by atoms with Crippen molar-refractivity contribution < 1.29 is 13.9 Å². The number of benzene rings is 1. The maximum atomic E-state index is 14.0. The van der Waals surface area contributed by atoms with Crippen LogP contribution in [0.25, 0.3) is 5.69 Å². The highest BCUT2D eigenvalue weighted by Gasteiger charge is 2.25. The van der Waals surface area contributed by atoms with E-state index in [1.165, 1.54) is 16.8 Å². The zero-order valence-electron chi connectivity index (χ0n) is 11.0. The number of ether oxygens (including phenoxy) is 1. The predicted molar refractivity (Wildman–Crippen MR) is 83.9 cm³/mol. The smallest absolute Gasteiger partial charge is 0.357 e. The van der Waals surface area contributed by atoms with E-state index in [4.69, 9.17) is 34.2 Å². The second kappa shape index (κ2) is 6.16. The fourth-order valence-electron chi connectivity index (χ4n) is 1.87. The highest BCUT2D eigenvalue weighted by Crippen LogP contribution is 2.38. The second-order valence-electron chi connectivity index (χ2n) is 4.10. The van der Waals surface area contributed by atoms with E-state index in [0.717, 1.165) is 7.11 Å². The van der Waals surface area contributed by atoms with Crippen LogP contribution < -0.4 is 5.73 Å². The first-order chi connectivity index (χ1) is 10.3. The molecule has 0 aliphatic rings. The predicted octanol–water partition coefficient (Wildman–Crippen LogP) is 3.93. The number of hydrogen-bond donors (Lipinski definition) is 1. The quantitative estimate of drug-likeness (QED) is 0.465. The number of halogens is 4. The molecule has 9 heteroatoms. The largest absolute Gasteiger partial charge is 0.464 e. The molecule has 2 aromatic rings. The molecule has 0 bridgehead atoms. The fourth-order valence-corrected chi connectivity index (χ4v) is 3.28. The molecule has 0 saturated carbocycles. The van der Waals surface area contributed by atoms with Gasteiger partial charge in [0.2, 0.25) is 0 Å². The number of nitrogens with zero attached hydrogens (tertiary/aromatic N) is 2. The number of methoxy groups -OCH3 is 1. The summed E-state index contributed by atoms with van der Waals surface area (Å²) in [6.45, 7) is 0. The SMILES string of the molecule is COC(=O)c1c(N)c(C#N)cn1-c1c(Br)cc(Cl)c(F)c1Cl. The molecule has 114 valence electrons. The Bertz CT molecular complexity index is 830. The number of rotatable bonds is 2. The van der Waals surface area contributed by atoms with Gasteiger partial charge < -0.3 is 15.0 Å². The fraction of sp³-hybridized carbons (Fsp3) is 0.0769. The molecular weight excluding hydrogens is 400 g/mol. The van der Waals surface area contributed by atoms with E-state index in [1.54, 1.807) is 0 Å². The van der Waals surface area contributed by atoms with E-state index in [9.17, 15) is 9.18 Å². The normalized spacial score (nSPS) is 10.4. The first kappa shape index (κ1) is 16.6. The van der Waals surface area contributed by atoms with Gasteiger partial charge in [-0.25, -0.2) is 9.18 Å². The molecule has 0 amide bonds. The van der Waals surface area contributed by atoms with Crippen molar-refractivity contribution in [2.75, 3.05) is 12.8 Å². The van der Waals surface area contributed by atoms with Crippen LogP contribution in [0.5, 0.6) is 0 Å². The molecule has 5 nitrogen and oxygen atoms in total. The summed E-state index contributed by atoms with van der Waals surface area (Å²) in [4.78, 5) is 11.9. The number of nitrogens with two attached hydrogens (primary N) is 1. The summed E-state index contributed by atoms with van der Waals surface area (Å²) in [5.41, 5.74) is 5.66. The molecular formula is C13H7BrCl2FN3O2. The molecule has 1 heterocycles. The lowest BCUT2D eigenvalue weighted by atomic mass is 10.2. The maximum Gasteiger partial charge on any atom is 0.357 e. The van der Waals surface area contributed by atoms with Gasteiger partial charge in [0.1, 0.15) is 11.1 Å². The Morgan fingerprint density at radius 2 is 2.18 bits per heavy atom. The Labute approximate surface area is 143 Å². The van der Waals surface area contributed by atoms with Gasteiger partial charge in [-0.3, -0.25) is 0 Å². The number of hydrogen-bond acceptors (Lipinski definition) is 4. The van der Waals surface area contributed by atoms with Crippen LogP contribution in [0.1, 0.15) is 16.1 Å². The van der Waals surface area contributed by atoms with E-state index in [0.29, 0.717) is 4.47 Å². The van der Waals surface area contributed by atoms with E-state index in [-0.39, 0.29) is 32.7 Å². The van der Waals surface area contributed by atoms with Gasteiger partial charge in [-0.1, -0.05) is 23.2 Å². The van der Waals surface area contributed by atoms with E-state index in [2.05, 4.69) is 20.7 Å². The summed E-state index contributed by atoms with van der Waals surface area (Å²) in [5.74, 6) is -1.65. The van der Waals surface area contributed by atoms with Gasteiger partial charge in [0.15, 0.2) is 11.5 Å². The zero-order valence-corrected chi connectivity index (χ0v) is 14.1. The van der Waals surface area contributed by atoms with Gasteiger partial charge >= 0.3 is 5.97 Å². The number of anilines is 1. The summed E-state index contributed by atoms with van der Waals surface area (Å²) in [6.07, 6.45) is 1.26. The van der Waals surface area contributed by atoms with Gasteiger partial charge in [0, 0.05) is 10.7 Å². The van der Waals surface area contributed by atoms with Crippen molar-refractivity contribution >= 4 is 50.8 Å². The molecule has 1 aromatic heterocycles. The highest BCUT2D eigenvalue weighted by molar-refractivity contribution is 9.10. The average Bonchev–Trinajstić information content (AvgIpc) is 2.80. The van der Waals surface area contributed by atoms with Crippen LogP contribution in [-0.2, 0) is 4.74 Å². The van der Waals surface area contributed by atoms with Crippen LogP contribution >= 0.6 is 39.1 Å². The van der Waals surface area contributed by atoms with Crippen LogP contribution in [0.3, 0.4) is 0 Å². The Morgan fingerprint density at radius 1 is 1.55 bits per heavy atom. The Morgan fingerprint density at radius 3 is 2.73 bits per heavy atom. The third-order valence-corrected chi connectivity index (χ3v) is 4.10. The Hall–Kier alpha value is -1.75. The van der Waals surface area contributed by atoms with E-state index < -0.39 is 11.8 Å². The third-order valence-electron chi connectivity index (χ3n) is 2.87. The van der Waals surface area contributed by atoms with Crippen molar-refractivity contribution in [1.82, 2.24) is 4.57 Å². The second-order valence-corrected chi connectivity index (χ2v) is 5.73. The minimum Gasteiger partial charge on any atom is -0.464 e. The van der Waals surface area contributed by atoms with Gasteiger partial charge in [-0.15, -0.1) is 0 Å². The Balaban J connectivity index is 2.88.